The number of hydrogen-bond donors (Lipinski definition) is 5. The second kappa shape index (κ2) is 20.6. The molecule has 286 valence electrons. The second-order valence-electron chi connectivity index (χ2n) is 13.5. The lowest BCUT2D eigenvalue weighted by molar-refractivity contribution is -0.161. The van der Waals surface area contributed by atoms with E-state index in [1.165, 1.54) is 4.90 Å². The number of nitrogens with one attached hydrogen (secondary N) is 4. The van der Waals surface area contributed by atoms with Gasteiger partial charge in [-0.25, -0.2) is 4.79 Å². The van der Waals surface area contributed by atoms with Crippen molar-refractivity contribution in [3.05, 3.63) is 29.8 Å². The molecule has 16 heteroatoms. The number of benzene rings is 1. The van der Waals surface area contributed by atoms with Crippen LogP contribution in [0, 0.1) is 17.8 Å². The van der Waals surface area contributed by atoms with Crippen molar-refractivity contribution in [3.63, 3.8) is 0 Å². The van der Waals surface area contributed by atoms with Crippen LogP contribution in [0.1, 0.15) is 91.5 Å². The number of nitrogens with two attached hydrogens (primary N) is 1. The van der Waals surface area contributed by atoms with Gasteiger partial charge in [0.2, 0.25) is 23.6 Å². The third-order valence-electron chi connectivity index (χ3n) is 8.61. The molecule has 1 fully saturated rings. The Morgan fingerprint density at radius 2 is 1.63 bits per heavy atom. The number of unbranched alkanes of at least 4 members (excludes halogenated alkanes) is 2. The molecule has 1 heterocycles. The summed E-state index contributed by atoms with van der Waals surface area (Å²) >= 11 is 0. The molecule has 1 aliphatic heterocycles. The molecule has 6 amide bonds. The van der Waals surface area contributed by atoms with E-state index in [-0.39, 0.29) is 81.4 Å². The molecular formula is C35H53F3N6O7. The molecule has 4 atom stereocenters. The van der Waals surface area contributed by atoms with Crippen molar-refractivity contribution in [2.24, 2.45) is 23.5 Å². The molecule has 0 spiro atoms. The van der Waals surface area contributed by atoms with Crippen LogP contribution in [0.25, 0.3) is 0 Å². The highest BCUT2D eigenvalue weighted by Crippen LogP contribution is 2.27. The summed E-state index contributed by atoms with van der Waals surface area (Å²) in [4.78, 5) is 75.4. The number of urea groups is 1. The van der Waals surface area contributed by atoms with Crippen molar-refractivity contribution in [3.8, 4) is 0 Å². The Hall–Kier alpha value is -4.21. The van der Waals surface area contributed by atoms with E-state index in [2.05, 4.69) is 21.3 Å². The maximum atomic E-state index is 14.2. The van der Waals surface area contributed by atoms with Crippen LogP contribution in [0.4, 0.5) is 23.7 Å². The monoisotopic (exact) mass is 726 g/mol. The Morgan fingerprint density at radius 1 is 0.961 bits per heavy atom. The minimum absolute atomic E-state index is 0.0373. The van der Waals surface area contributed by atoms with E-state index < -0.39 is 48.1 Å². The lowest BCUT2D eigenvalue weighted by atomic mass is 9.99. The Labute approximate surface area is 297 Å². The maximum absolute atomic E-state index is 14.2. The number of carbonyl (C=O) groups excluding carboxylic acids is 6. The van der Waals surface area contributed by atoms with Crippen molar-refractivity contribution in [2.45, 2.75) is 117 Å². The Kier molecular flexibility index (Phi) is 17.3. The zero-order valence-electron chi connectivity index (χ0n) is 30.1. The average Bonchev–Trinajstić information content (AvgIpc) is 3.33. The van der Waals surface area contributed by atoms with Gasteiger partial charge in [-0.05, 0) is 55.7 Å². The van der Waals surface area contributed by atoms with Gasteiger partial charge in [0.05, 0.1) is 12.0 Å². The van der Waals surface area contributed by atoms with Crippen molar-refractivity contribution in [2.75, 3.05) is 18.4 Å². The third-order valence-corrected chi connectivity index (χ3v) is 8.61. The lowest BCUT2D eigenvalue weighted by Gasteiger charge is -2.30. The third kappa shape index (κ3) is 14.5. The van der Waals surface area contributed by atoms with Crippen LogP contribution < -0.4 is 27.0 Å². The first-order chi connectivity index (χ1) is 23.9. The summed E-state index contributed by atoms with van der Waals surface area (Å²) in [5.41, 5.74) is 6.16. The lowest BCUT2D eigenvalue weighted by Crippen LogP contribution is -2.58. The zero-order chi connectivity index (χ0) is 38.3. The van der Waals surface area contributed by atoms with Crippen LogP contribution in [0.2, 0.25) is 0 Å². The zero-order valence-corrected chi connectivity index (χ0v) is 30.1. The number of imide groups is 1. The molecule has 1 aromatic rings. The van der Waals surface area contributed by atoms with Crippen LogP contribution in [0.5, 0.6) is 0 Å². The number of likely N-dealkylation sites (tertiary alicyclic amines) is 1. The minimum Gasteiger partial charge on any atom is -0.461 e. The largest absolute Gasteiger partial charge is 0.461 e. The van der Waals surface area contributed by atoms with Crippen LogP contribution in [-0.2, 0) is 35.3 Å². The summed E-state index contributed by atoms with van der Waals surface area (Å²) in [5.74, 6) is -3.51. The summed E-state index contributed by atoms with van der Waals surface area (Å²) in [7, 11) is 0. The van der Waals surface area contributed by atoms with Crippen LogP contribution in [0.15, 0.2) is 24.3 Å². The van der Waals surface area contributed by atoms with Gasteiger partial charge in [0.15, 0.2) is 0 Å². The van der Waals surface area contributed by atoms with Crippen molar-refractivity contribution in [1.29, 1.82) is 0 Å². The van der Waals surface area contributed by atoms with Gasteiger partial charge in [-0.3, -0.25) is 34.2 Å². The van der Waals surface area contributed by atoms with Crippen LogP contribution in [0.3, 0.4) is 0 Å². The second-order valence-corrected chi connectivity index (χ2v) is 13.5. The fraction of sp³-hybridized carbons (Fsp3) is 0.657. The van der Waals surface area contributed by atoms with E-state index in [1.807, 2.05) is 6.92 Å². The van der Waals surface area contributed by atoms with E-state index in [1.54, 1.807) is 52.0 Å². The number of halogens is 3. The SMILES string of the molecule is CCC1CC(=O)N(CCCCCC(NC(C(=O)NC(CCCNC(N)=O)C(=O)Nc2ccc(COC(=O)C(C)C)cc2)C(C)C)C(F)(F)F)C1=O. The molecular weight excluding hydrogens is 673 g/mol. The number of ether oxygens (including phenoxy) is 1. The molecule has 1 saturated heterocycles. The fourth-order valence-electron chi connectivity index (χ4n) is 5.51. The fourth-order valence-corrected chi connectivity index (χ4v) is 5.51. The normalized spacial score (nSPS) is 16.6. The number of amides is 6. The Bertz CT molecular complexity index is 1340. The quantitative estimate of drug-likeness (QED) is 0.0710. The first kappa shape index (κ1) is 43.0. The molecule has 51 heavy (non-hydrogen) atoms. The summed E-state index contributed by atoms with van der Waals surface area (Å²) in [6.45, 7) is 8.72. The van der Waals surface area contributed by atoms with E-state index in [4.69, 9.17) is 10.5 Å². The predicted octanol–water partition coefficient (Wildman–Crippen LogP) is 4.15. The predicted molar refractivity (Wildman–Crippen MR) is 184 cm³/mol. The topological polar surface area (TPSA) is 189 Å². The van der Waals surface area contributed by atoms with Gasteiger partial charge >= 0.3 is 18.2 Å². The molecule has 0 radical (unpaired) electrons. The van der Waals surface area contributed by atoms with E-state index in [9.17, 15) is 41.9 Å². The minimum atomic E-state index is -4.68. The number of nitrogens with zero attached hydrogens (tertiary/aromatic N) is 1. The molecule has 0 aliphatic carbocycles. The molecule has 1 aromatic carbocycles. The van der Waals surface area contributed by atoms with Crippen molar-refractivity contribution in [1.82, 2.24) is 20.9 Å². The van der Waals surface area contributed by atoms with E-state index in [0.717, 1.165) is 0 Å². The van der Waals surface area contributed by atoms with Gasteiger partial charge < -0.3 is 26.4 Å². The van der Waals surface area contributed by atoms with Gasteiger partial charge in [-0.1, -0.05) is 59.6 Å². The van der Waals surface area contributed by atoms with Gasteiger partial charge in [-0.2, -0.15) is 13.2 Å². The Balaban J connectivity index is 2.06. The highest BCUT2D eigenvalue weighted by molar-refractivity contribution is 6.03. The van der Waals surface area contributed by atoms with Gasteiger partial charge in [-0.15, -0.1) is 0 Å². The highest BCUT2D eigenvalue weighted by Gasteiger charge is 2.42. The van der Waals surface area contributed by atoms with Crippen LogP contribution >= 0.6 is 0 Å². The Morgan fingerprint density at radius 3 is 2.18 bits per heavy atom. The first-order valence-corrected chi connectivity index (χ1v) is 17.5. The summed E-state index contributed by atoms with van der Waals surface area (Å²) < 4.78 is 47.7. The summed E-state index contributed by atoms with van der Waals surface area (Å²) in [6.07, 6.45) is -3.21. The first-order valence-electron chi connectivity index (χ1n) is 17.5. The van der Waals surface area contributed by atoms with Gasteiger partial charge in [0.25, 0.3) is 0 Å². The molecule has 1 aliphatic rings. The molecule has 6 N–H and O–H groups in total. The van der Waals surface area contributed by atoms with E-state index >= 15 is 0 Å². The van der Waals surface area contributed by atoms with E-state index in [0.29, 0.717) is 30.5 Å². The number of hydrogen-bond acceptors (Lipinski definition) is 8. The van der Waals surface area contributed by atoms with Crippen molar-refractivity contribution >= 4 is 41.3 Å². The summed E-state index contributed by atoms with van der Waals surface area (Å²) in [6, 6.07) is 1.18. The maximum Gasteiger partial charge on any atom is 0.403 e. The molecule has 0 aromatic heterocycles. The molecule has 13 nitrogen and oxygen atoms in total. The molecule has 2 rings (SSSR count). The highest BCUT2D eigenvalue weighted by atomic mass is 19.4. The number of carbonyl (C=O) groups is 6. The van der Waals surface area contributed by atoms with Crippen molar-refractivity contribution < 1.29 is 46.7 Å². The molecule has 0 bridgehead atoms. The molecule has 4 unspecified atom stereocenters. The smallest absolute Gasteiger partial charge is 0.403 e. The number of anilines is 1. The number of primary amides is 1. The molecule has 0 saturated carbocycles. The number of esters is 1. The average molecular weight is 727 g/mol. The summed E-state index contributed by atoms with van der Waals surface area (Å²) in [5, 5.41) is 10.1. The van der Waals surface area contributed by atoms with Crippen LogP contribution in [-0.4, -0.2) is 77.9 Å². The number of rotatable bonds is 21. The van der Waals surface area contributed by atoms with Gasteiger partial charge in [0, 0.05) is 31.1 Å². The van der Waals surface area contributed by atoms with Gasteiger partial charge in [0.1, 0.15) is 18.7 Å². The standard InChI is InChI=1S/C35H53F3N6O7/c1-6-24-19-28(45)44(32(24)48)18-9-7-8-12-27(35(36,37)38)43-29(21(2)3)31(47)42-26(11-10-17-40-34(39)50)30(46)41-25-15-13-23(14-16-25)20-51-33(49)22(4)5/h13-16,21-22,24,26-27,29,43H,6-12,17-20H2,1-5H3,(H,41,46)(H,42,47)(H3,39,40,50). The number of alkyl halides is 3.